The third kappa shape index (κ3) is 1.98. The van der Waals surface area contributed by atoms with Crippen molar-refractivity contribution in [2.45, 2.75) is 32.6 Å². The number of carbonyl (C=O) groups is 1. The monoisotopic (exact) mass is 244 g/mol. The van der Waals surface area contributed by atoms with E-state index in [9.17, 15) is 4.79 Å². The van der Waals surface area contributed by atoms with E-state index in [1.807, 2.05) is 25.1 Å². The predicted octanol–water partition coefficient (Wildman–Crippen LogP) is 3.13. The van der Waals surface area contributed by atoms with Gasteiger partial charge in [0, 0.05) is 18.0 Å². The lowest BCUT2D eigenvalue weighted by Crippen LogP contribution is -2.27. The maximum absolute atomic E-state index is 11.8. The highest BCUT2D eigenvalue weighted by atomic mass is 16.3. The van der Waals surface area contributed by atoms with Gasteiger partial charge < -0.3 is 9.73 Å². The average molecular weight is 244 g/mol. The fraction of sp³-hybridized carbons (Fsp3) is 0.429. The second-order valence-corrected chi connectivity index (χ2v) is 4.76. The van der Waals surface area contributed by atoms with Crippen LogP contribution in [0.5, 0.6) is 0 Å². The Morgan fingerprint density at radius 1 is 1.50 bits per heavy atom. The summed E-state index contributed by atoms with van der Waals surface area (Å²) < 4.78 is 5.53. The molecule has 0 radical (unpaired) electrons. The van der Waals surface area contributed by atoms with Crippen molar-refractivity contribution in [1.82, 2.24) is 4.98 Å². The molecule has 1 aliphatic carbocycles. The van der Waals surface area contributed by atoms with E-state index in [1.54, 1.807) is 0 Å². The molecule has 1 aromatic heterocycles. The molecule has 0 spiro atoms. The molecule has 1 amide bonds. The number of fused-ring (bicyclic) bond motifs is 1. The van der Waals surface area contributed by atoms with E-state index in [4.69, 9.17) is 4.42 Å². The molecule has 0 atom stereocenters. The van der Waals surface area contributed by atoms with Gasteiger partial charge >= 0.3 is 0 Å². The van der Waals surface area contributed by atoms with Crippen molar-refractivity contribution in [3.8, 4) is 0 Å². The van der Waals surface area contributed by atoms with E-state index in [0.29, 0.717) is 0 Å². The van der Waals surface area contributed by atoms with Gasteiger partial charge in [0.2, 0.25) is 5.91 Å². The highest BCUT2D eigenvalue weighted by molar-refractivity contribution is 5.94. The molecule has 4 nitrogen and oxygen atoms in total. The Bertz CT molecular complexity index is 584. The summed E-state index contributed by atoms with van der Waals surface area (Å²) >= 11 is 0. The van der Waals surface area contributed by atoms with Crippen LogP contribution in [0.15, 0.2) is 22.6 Å². The largest absolute Gasteiger partial charge is 0.441 e. The molecule has 4 heteroatoms. The zero-order valence-corrected chi connectivity index (χ0v) is 10.4. The molecule has 0 aliphatic heterocycles. The summed E-state index contributed by atoms with van der Waals surface area (Å²) in [6.07, 6.45) is 3.97. The minimum absolute atomic E-state index is 0.125. The molecule has 1 saturated carbocycles. The topological polar surface area (TPSA) is 55.1 Å². The molecule has 2 aromatic rings. The van der Waals surface area contributed by atoms with Crippen LogP contribution in [0.25, 0.3) is 11.1 Å². The number of benzene rings is 1. The van der Waals surface area contributed by atoms with Gasteiger partial charge in [-0.15, -0.1) is 0 Å². The Labute approximate surface area is 105 Å². The van der Waals surface area contributed by atoms with Crippen LogP contribution in [0.4, 0.5) is 5.69 Å². The van der Waals surface area contributed by atoms with Crippen LogP contribution in [0.2, 0.25) is 0 Å². The summed E-state index contributed by atoms with van der Waals surface area (Å²) in [6.45, 7) is 2.00. The van der Waals surface area contributed by atoms with Gasteiger partial charge in [-0.2, -0.15) is 0 Å². The van der Waals surface area contributed by atoms with Crippen molar-refractivity contribution < 1.29 is 9.21 Å². The van der Waals surface area contributed by atoms with Gasteiger partial charge in [0.15, 0.2) is 11.5 Å². The van der Waals surface area contributed by atoms with Crippen LogP contribution in [0.1, 0.15) is 32.1 Å². The van der Waals surface area contributed by atoms with Crippen LogP contribution in [-0.4, -0.2) is 10.9 Å². The zero-order valence-electron chi connectivity index (χ0n) is 10.4. The van der Waals surface area contributed by atoms with E-state index < -0.39 is 0 Å². The van der Waals surface area contributed by atoms with Crippen molar-refractivity contribution in [3.63, 3.8) is 0 Å². The highest BCUT2D eigenvalue weighted by Gasteiger charge is 2.25. The Morgan fingerprint density at radius 3 is 3.00 bits per heavy atom. The van der Waals surface area contributed by atoms with E-state index in [-0.39, 0.29) is 11.8 Å². The number of carbonyl (C=O) groups excluding carboxylic acids is 1. The minimum Gasteiger partial charge on any atom is -0.441 e. The van der Waals surface area contributed by atoms with Gasteiger partial charge in [-0.3, -0.25) is 4.79 Å². The molecule has 1 N–H and O–H groups in total. The maximum atomic E-state index is 11.8. The second kappa shape index (κ2) is 4.44. The smallest absolute Gasteiger partial charge is 0.227 e. The van der Waals surface area contributed by atoms with Gasteiger partial charge in [-0.1, -0.05) is 13.3 Å². The van der Waals surface area contributed by atoms with Gasteiger partial charge in [-0.25, -0.2) is 4.98 Å². The first kappa shape index (κ1) is 11.3. The molecular weight excluding hydrogens is 228 g/mol. The van der Waals surface area contributed by atoms with E-state index in [0.717, 1.165) is 41.9 Å². The molecule has 94 valence electrons. The second-order valence-electron chi connectivity index (χ2n) is 4.76. The van der Waals surface area contributed by atoms with Crippen LogP contribution in [0.3, 0.4) is 0 Å². The van der Waals surface area contributed by atoms with Crippen molar-refractivity contribution in [3.05, 3.63) is 24.1 Å². The lowest BCUT2D eigenvalue weighted by atomic mass is 9.85. The maximum Gasteiger partial charge on any atom is 0.227 e. The summed E-state index contributed by atoms with van der Waals surface area (Å²) in [7, 11) is 0. The number of anilines is 1. The lowest BCUT2D eigenvalue weighted by Gasteiger charge is -2.23. The number of nitrogens with one attached hydrogen (secondary N) is 1. The molecule has 1 aliphatic rings. The average Bonchev–Trinajstić information content (AvgIpc) is 2.68. The fourth-order valence-electron chi connectivity index (χ4n) is 2.12. The minimum atomic E-state index is 0.125. The quantitative estimate of drug-likeness (QED) is 0.902. The van der Waals surface area contributed by atoms with Crippen molar-refractivity contribution in [2.24, 2.45) is 5.92 Å². The van der Waals surface area contributed by atoms with Crippen LogP contribution in [-0.2, 0) is 11.2 Å². The normalized spacial score (nSPS) is 15.6. The summed E-state index contributed by atoms with van der Waals surface area (Å²) in [5, 5.41) is 2.94. The molecular formula is C14H16N2O2. The summed E-state index contributed by atoms with van der Waals surface area (Å²) in [6, 6.07) is 5.59. The number of aromatic nitrogens is 1. The van der Waals surface area contributed by atoms with Crippen molar-refractivity contribution in [2.75, 3.05) is 5.32 Å². The summed E-state index contributed by atoms with van der Waals surface area (Å²) in [5.74, 6) is 1.05. The molecule has 0 bridgehead atoms. The standard InChI is InChI=1S/C14H16N2O2/c1-2-13-16-11-8-10(6-7-12(11)18-13)15-14(17)9-4-3-5-9/h6-9H,2-5H2,1H3,(H,15,17). The van der Waals surface area contributed by atoms with Crippen molar-refractivity contribution >= 4 is 22.7 Å². The molecule has 1 heterocycles. The molecule has 18 heavy (non-hydrogen) atoms. The molecule has 3 rings (SSSR count). The van der Waals surface area contributed by atoms with E-state index in [2.05, 4.69) is 10.3 Å². The number of hydrogen-bond acceptors (Lipinski definition) is 3. The van der Waals surface area contributed by atoms with Gasteiger partial charge in [0.25, 0.3) is 0 Å². The molecule has 0 unspecified atom stereocenters. The Kier molecular flexibility index (Phi) is 2.78. The van der Waals surface area contributed by atoms with Gasteiger partial charge in [-0.05, 0) is 31.0 Å². The Hall–Kier alpha value is -1.84. The number of rotatable bonds is 3. The van der Waals surface area contributed by atoms with Crippen LogP contribution in [0, 0.1) is 5.92 Å². The van der Waals surface area contributed by atoms with Crippen LogP contribution >= 0.6 is 0 Å². The SMILES string of the molecule is CCc1nc2cc(NC(=O)C3CCC3)ccc2o1. The third-order valence-electron chi connectivity index (χ3n) is 3.48. The Morgan fingerprint density at radius 2 is 2.33 bits per heavy atom. The summed E-state index contributed by atoms with van der Waals surface area (Å²) in [5.41, 5.74) is 2.38. The van der Waals surface area contributed by atoms with Crippen LogP contribution < -0.4 is 5.32 Å². The number of oxazole rings is 1. The summed E-state index contributed by atoms with van der Waals surface area (Å²) in [4.78, 5) is 16.2. The van der Waals surface area contributed by atoms with Gasteiger partial charge in [0.1, 0.15) is 5.52 Å². The number of hydrogen-bond donors (Lipinski definition) is 1. The van der Waals surface area contributed by atoms with E-state index in [1.165, 1.54) is 6.42 Å². The molecule has 0 saturated heterocycles. The lowest BCUT2D eigenvalue weighted by molar-refractivity contribution is -0.122. The third-order valence-corrected chi connectivity index (χ3v) is 3.48. The zero-order chi connectivity index (χ0) is 12.5. The van der Waals surface area contributed by atoms with E-state index >= 15 is 0 Å². The first-order chi connectivity index (χ1) is 8.76. The molecule has 1 aromatic carbocycles. The highest BCUT2D eigenvalue weighted by Crippen LogP contribution is 2.28. The number of aryl methyl sites for hydroxylation is 1. The van der Waals surface area contributed by atoms with Crippen molar-refractivity contribution in [1.29, 1.82) is 0 Å². The molecule has 1 fully saturated rings. The Balaban J connectivity index is 1.81. The number of amides is 1. The predicted molar refractivity (Wildman–Crippen MR) is 69.4 cm³/mol. The number of nitrogens with zero attached hydrogens (tertiary/aromatic N) is 1. The van der Waals surface area contributed by atoms with Gasteiger partial charge in [0.05, 0.1) is 0 Å². The first-order valence-electron chi connectivity index (χ1n) is 6.46. The first-order valence-corrected chi connectivity index (χ1v) is 6.46. The fourth-order valence-corrected chi connectivity index (χ4v) is 2.12.